The topological polar surface area (TPSA) is 81.1 Å². The number of rotatable bonds is 4. The van der Waals surface area contributed by atoms with Crippen molar-refractivity contribution in [3.05, 3.63) is 71.5 Å². The zero-order chi connectivity index (χ0) is 18.0. The quantitative estimate of drug-likeness (QED) is 0.759. The number of nitrogens with zero attached hydrogens (tertiary/aromatic N) is 2. The summed E-state index contributed by atoms with van der Waals surface area (Å²) in [5.41, 5.74) is 1.55. The molecular formula is C17H14ClN3O3S. The van der Waals surface area contributed by atoms with E-state index in [-0.39, 0.29) is 15.5 Å². The van der Waals surface area contributed by atoms with Crippen LogP contribution in [0.2, 0.25) is 5.02 Å². The number of hydrogen-bond donors (Lipinski definition) is 1. The molecule has 1 amide bonds. The molecule has 0 bridgehead atoms. The van der Waals surface area contributed by atoms with Crippen molar-refractivity contribution in [3.63, 3.8) is 0 Å². The molecule has 1 aromatic heterocycles. The SMILES string of the molecule is CS(=O)(=O)c1cc(C(=O)Nc2cccc(-n3cccn3)c2)ccc1Cl. The molecule has 3 aromatic rings. The molecule has 0 aliphatic heterocycles. The summed E-state index contributed by atoms with van der Waals surface area (Å²) in [5, 5.41) is 6.96. The fourth-order valence-electron chi connectivity index (χ4n) is 2.28. The first-order chi connectivity index (χ1) is 11.8. The summed E-state index contributed by atoms with van der Waals surface area (Å²) in [6, 6.07) is 13.1. The number of sulfone groups is 1. The highest BCUT2D eigenvalue weighted by atomic mass is 35.5. The van der Waals surface area contributed by atoms with Crippen molar-refractivity contribution in [3.8, 4) is 5.69 Å². The standard InChI is InChI=1S/C17H14ClN3O3S/c1-25(23,24)16-10-12(6-7-15(16)18)17(22)20-13-4-2-5-14(11-13)21-9-3-8-19-21/h2-11H,1H3,(H,20,22). The van der Waals surface area contributed by atoms with E-state index in [1.807, 2.05) is 6.07 Å². The molecule has 3 rings (SSSR count). The predicted molar refractivity (Wildman–Crippen MR) is 96.1 cm³/mol. The van der Waals surface area contributed by atoms with E-state index in [4.69, 9.17) is 11.6 Å². The van der Waals surface area contributed by atoms with Gasteiger partial charge < -0.3 is 5.32 Å². The zero-order valence-corrected chi connectivity index (χ0v) is 14.8. The van der Waals surface area contributed by atoms with Crippen LogP contribution in [0.3, 0.4) is 0 Å². The highest BCUT2D eigenvalue weighted by Crippen LogP contribution is 2.23. The third-order valence-corrected chi connectivity index (χ3v) is 5.04. The van der Waals surface area contributed by atoms with E-state index in [2.05, 4.69) is 10.4 Å². The number of benzene rings is 2. The van der Waals surface area contributed by atoms with Crippen molar-refractivity contribution in [2.24, 2.45) is 0 Å². The summed E-state index contributed by atoms with van der Waals surface area (Å²) >= 11 is 5.90. The lowest BCUT2D eigenvalue weighted by molar-refractivity contribution is 0.102. The summed E-state index contributed by atoms with van der Waals surface area (Å²) < 4.78 is 25.1. The van der Waals surface area contributed by atoms with Gasteiger partial charge in [0.2, 0.25) is 0 Å². The lowest BCUT2D eigenvalue weighted by Crippen LogP contribution is -2.13. The molecule has 8 heteroatoms. The lowest BCUT2D eigenvalue weighted by Gasteiger charge is -2.09. The predicted octanol–water partition coefficient (Wildman–Crippen LogP) is 3.18. The van der Waals surface area contributed by atoms with Gasteiger partial charge in [-0.15, -0.1) is 0 Å². The maximum absolute atomic E-state index is 12.4. The van der Waals surface area contributed by atoms with Crippen molar-refractivity contribution < 1.29 is 13.2 Å². The number of nitrogens with one attached hydrogen (secondary N) is 1. The first kappa shape index (κ1) is 17.2. The fourth-order valence-corrected chi connectivity index (χ4v) is 3.58. The van der Waals surface area contributed by atoms with Crippen LogP contribution in [0, 0.1) is 0 Å². The molecule has 0 spiro atoms. The second-order valence-corrected chi connectivity index (χ2v) is 7.76. The average molecular weight is 376 g/mol. The van der Waals surface area contributed by atoms with Gasteiger partial charge in [-0.25, -0.2) is 13.1 Å². The molecule has 0 aliphatic carbocycles. The van der Waals surface area contributed by atoms with Crippen molar-refractivity contribution in [2.45, 2.75) is 4.90 Å². The van der Waals surface area contributed by atoms with Crippen molar-refractivity contribution >= 4 is 33.0 Å². The third kappa shape index (κ3) is 3.89. The number of hydrogen-bond acceptors (Lipinski definition) is 4. The molecule has 25 heavy (non-hydrogen) atoms. The molecule has 0 atom stereocenters. The third-order valence-electron chi connectivity index (χ3n) is 3.47. The van der Waals surface area contributed by atoms with Crippen molar-refractivity contribution in [2.75, 3.05) is 11.6 Å². The zero-order valence-electron chi connectivity index (χ0n) is 13.2. The van der Waals surface area contributed by atoms with Gasteiger partial charge in [0.05, 0.1) is 15.6 Å². The van der Waals surface area contributed by atoms with Crippen molar-refractivity contribution in [1.82, 2.24) is 9.78 Å². The first-order valence-electron chi connectivity index (χ1n) is 7.25. The minimum absolute atomic E-state index is 0.0768. The minimum atomic E-state index is -3.52. The first-order valence-corrected chi connectivity index (χ1v) is 9.52. The lowest BCUT2D eigenvalue weighted by atomic mass is 10.2. The van der Waals surface area contributed by atoms with Crippen LogP contribution in [-0.2, 0) is 9.84 Å². The molecule has 0 fully saturated rings. The number of anilines is 1. The van der Waals surface area contributed by atoms with Gasteiger partial charge in [-0.05, 0) is 42.5 Å². The summed E-state index contributed by atoms with van der Waals surface area (Å²) in [4.78, 5) is 12.4. The maximum atomic E-state index is 12.4. The second-order valence-electron chi connectivity index (χ2n) is 5.37. The monoisotopic (exact) mass is 375 g/mol. The van der Waals surface area contributed by atoms with Crippen LogP contribution in [0.5, 0.6) is 0 Å². The van der Waals surface area contributed by atoms with Gasteiger partial charge in [0.15, 0.2) is 9.84 Å². The number of carbonyl (C=O) groups excluding carboxylic acids is 1. The molecule has 0 saturated carbocycles. The van der Waals surface area contributed by atoms with Crippen LogP contribution < -0.4 is 5.32 Å². The van der Waals surface area contributed by atoms with Crippen molar-refractivity contribution in [1.29, 1.82) is 0 Å². The van der Waals surface area contributed by atoms with Crippen LogP contribution in [0.4, 0.5) is 5.69 Å². The number of amides is 1. The van der Waals surface area contributed by atoms with Gasteiger partial charge in [-0.1, -0.05) is 17.7 Å². The highest BCUT2D eigenvalue weighted by molar-refractivity contribution is 7.90. The summed E-state index contributed by atoms with van der Waals surface area (Å²) in [5.74, 6) is -0.431. The Hall–Kier alpha value is -2.64. The number of carbonyl (C=O) groups is 1. The van der Waals surface area contributed by atoms with Gasteiger partial charge >= 0.3 is 0 Å². The largest absolute Gasteiger partial charge is 0.322 e. The average Bonchev–Trinajstić information content (AvgIpc) is 3.09. The van der Waals surface area contributed by atoms with E-state index < -0.39 is 15.7 Å². The Bertz CT molecular complexity index is 1030. The van der Waals surface area contributed by atoms with Gasteiger partial charge in [0.25, 0.3) is 5.91 Å². The Labute approximate surface area is 150 Å². The number of aromatic nitrogens is 2. The molecule has 0 radical (unpaired) electrons. The van der Waals surface area contributed by atoms with Crippen LogP contribution in [-0.4, -0.2) is 30.4 Å². The Morgan fingerprint density at radius 2 is 1.96 bits per heavy atom. The Kier molecular flexibility index (Phi) is 4.61. The van der Waals surface area contributed by atoms with E-state index >= 15 is 0 Å². The molecule has 0 saturated heterocycles. The minimum Gasteiger partial charge on any atom is -0.322 e. The molecule has 1 heterocycles. The smallest absolute Gasteiger partial charge is 0.255 e. The molecule has 1 N–H and O–H groups in total. The molecule has 2 aromatic carbocycles. The molecule has 128 valence electrons. The summed E-state index contributed by atoms with van der Waals surface area (Å²) in [7, 11) is -3.52. The van der Waals surface area contributed by atoms with Crippen LogP contribution >= 0.6 is 11.6 Å². The van der Waals surface area contributed by atoms with E-state index in [1.165, 1.54) is 18.2 Å². The normalized spacial score (nSPS) is 11.3. The van der Waals surface area contributed by atoms with Gasteiger partial charge in [-0.3, -0.25) is 4.79 Å². The van der Waals surface area contributed by atoms with E-state index in [1.54, 1.807) is 41.3 Å². The maximum Gasteiger partial charge on any atom is 0.255 e. The second kappa shape index (κ2) is 6.70. The van der Waals surface area contributed by atoms with Gasteiger partial charge in [0.1, 0.15) is 0 Å². The van der Waals surface area contributed by atoms with Crippen LogP contribution in [0.15, 0.2) is 65.8 Å². The Morgan fingerprint density at radius 3 is 2.64 bits per heavy atom. The Morgan fingerprint density at radius 1 is 1.16 bits per heavy atom. The molecule has 0 unspecified atom stereocenters. The van der Waals surface area contributed by atoms with Gasteiger partial charge in [-0.2, -0.15) is 5.10 Å². The molecule has 6 nitrogen and oxygen atoms in total. The summed E-state index contributed by atoms with van der Waals surface area (Å²) in [6.45, 7) is 0. The molecular weight excluding hydrogens is 362 g/mol. The van der Waals surface area contributed by atoms with Gasteiger partial charge in [0, 0.05) is 29.9 Å². The van der Waals surface area contributed by atoms with Crippen LogP contribution in [0.1, 0.15) is 10.4 Å². The highest BCUT2D eigenvalue weighted by Gasteiger charge is 2.16. The number of halogens is 1. The Balaban J connectivity index is 1.87. The van der Waals surface area contributed by atoms with E-state index in [0.29, 0.717) is 5.69 Å². The van der Waals surface area contributed by atoms with Crippen LogP contribution in [0.25, 0.3) is 5.69 Å². The van der Waals surface area contributed by atoms with E-state index in [0.717, 1.165) is 11.9 Å². The fraction of sp³-hybridized carbons (Fsp3) is 0.0588. The van der Waals surface area contributed by atoms with E-state index in [9.17, 15) is 13.2 Å². The summed E-state index contributed by atoms with van der Waals surface area (Å²) in [6.07, 6.45) is 4.49. The molecule has 0 aliphatic rings.